The number of rotatable bonds is 6. The summed E-state index contributed by atoms with van der Waals surface area (Å²) in [6.45, 7) is 3.14. The van der Waals surface area contributed by atoms with Crippen LogP contribution in [0.25, 0.3) is 0 Å². The van der Waals surface area contributed by atoms with E-state index in [0.29, 0.717) is 31.5 Å². The molecule has 0 bridgehead atoms. The Kier molecular flexibility index (Phi) is 4.95. The van der Waals surface area contributed by atoms with Crippen LogP contribution in [0.15, 0.2) is 0 Å². The molecule has 4 heteroatoms. The zero-order valence-electron chi connectivity index (χ0n) is 10.4. The van der Waals surface area contributed by atoms with E-state index in [0.717, 1.165) is 19.5 Å². The van der Waals surface area contributed by atoms with Crippen molar-refractivity contribution in [3.63, 3.8) is 0 Å². The van der Waals surface area contributed by atoms with E-state index < -0.39 is 0 Å². The first-order valence-electron chi connectivity index (χ1n) is 6.76. The predicted octanol–water partition coefficient (Wildman–Crippen LogP) is 0.829. The Balaban J connectivity index is 1.84. The largest absolute Gasteiger partial charge is 0.396 e. The quantitative estimate of drug-likeness (QED) is 0.748. The van der Waals surface area contributed by atoms with Gasteiger partial charge in [-0.05, 0) is 19.3 Å². The lowest BCUT2D eigenvalue weighted by Gasteiger charge is -2.39. The van der Waals surface area contributed by atoms with Crippen molar-refractivity contribution in [2.24, 2.45) is 5.92 Å². The Labute approximate surface area is 103 Å². The van der Waals surface area contributed by atoms with Crippen LogP contribution in [0, 0.1) is 5.92 Å². The molecule has 0 radical (unpaired) electrons. The van der Waals surface area contributed by atoms with E-state index in [2.05, 4.69) is 4.90 Å². The molecule has 1 N–H and O–H groups in total. The smallest absolute Gasteiger partial charge is 0.141 e. The van der Waals surface area contributed by atoms with Gasteiger partial charge in [-0.1, -0.05) is 6.42 Å². The van der Waals surface area contributed by atoms with E-state index in [-0.39, 0.29) is 12.5 Å². The monoisotopic (exact) mass is 241 g/mol. The van der Waals surface area contributed by atoms with Gasteiger partial charge in [0.2, 0.25) is 0 Å². The Morgan fingerprint density at radius 2 is 2.24 bits per heavy atom. The summed E-state index contributed by atoms with van der Waals surface area (Å²) in [5.74, 6) is 0.410. The van der Waals surface area contributed by atoms with Crippen LogP contribution in [-0.4, -0.2) is 54.7 Å². The van der Waals surface area contributed by atoms with Crippen molar-refractivity contribution < 1.29 is 14.6 Å². The van der Waals surface area contributed by atoms with Crippen molar-refractivity contribution in [1.82, 2.24) is 4.90 Å². The molecular formula is C13H23NO3. The molecule has 2 rings (SSSR count). The molecule has 2 aliphatic rings. The standard InChI is InChI=1S/C13H23NO3/c15-7-2-6-14(12-3-1-4-12)9-11-10-17-8-5-13(11)16/h11-12,15H,1-10H2. The van der Waals surface area contributed by atoms with Gasteiger partial charge in [0.1, 0.15) is 5.78 Å². The van der Waals surface area contributed by atoms with E-state index in [9.17, 15) is 4.79 Å². The SMILES string of the molecule is O=C1CCOCC1CN(CCCO)C1CCC1. The molecule has 0 spiro atoms. The number of aliphatic hydroxyl groups is 1. The molecule has 1 heterocycles. The Morgan fingerprint density at radius 3 is 2.82 bits per heavy atom. The topological polar surface area (TPSA) is 49.8 Å². The van der Waals surface area contributed by atoms with E-state index >= 15 is 0 Å². The van der Waals surface area contributed by atoms with Crippen LogP contribution in [0.1, 0.15) is 32.1 Å². The van der Waals surface area contributed by atoms with E-state index in [4.69, 9.17) is 9.84 Å². The number of aliphatic hydroxyl groups excluding tert-OH is 1. The van der Waals surface area contributed by atoms with Crippen molar-refractivity contribution in [3.8, 4) is 0 Å². The predicted molar refractivity (Wildman–Crippen MR) is 64.8 cm³/mol. The van der Waals surface area contributed by atoms with Gasteiger partial charge in [-0.3, -0.25) is 9.69 Å². The number of hydrogen-bond acceptors (Lipinski definition) is 4. The first-order valence-corrected chi connectivity index (χ1v) is 6.76. The highest BCUT2D eigenvalue weighted by Crippen LogP contribution is 2.26. The van der Waals surface area contributed by atoms with Crippen LogP contribution in [0.5, 0.6) is 0 Å². The zero-order chi connectivity index (χ0) is 12.1. The Morgan fingerprint density at radius 1 is 1.41 bits per heavy atom. The zero-order valence-corrected chi connectivity index (χ0v) is 10.4. The number of nitrogens with zero attached hydrogens (tertiary/aromatic N) is 1. The minimum atomic E-state index is 0.0584. The average molecular weight is 241 g/mol. The summed E-state index contributed by atoms with van der Waals surface area (Å²) in [6, 6.07) is 0.635. The number of ketones is 1. The third-order valence-electron chi connectivity index (χ3n) is 3.92. The average Bonchev–Trinajstić information content (AvgIpc) is 2.26. The Hall–Kier alpha value is -0.450. The molecule has 98 valence electrons. The highest BCUT2D eigenvalue weighted by molar-refractivity contribution is 5.82. The molecule has 17 heavy (non-hydrogen) atoms. The van der Waals surface area contributed by atoms with Gasteiger partial charge in [0.25, 0.3) is 0 Å². The van der Waals surface area contributed by atoms with Gasteiger partial charge in [-0.2, -0.15) is 0 Å². The summed E-state index contributed by atoms with van der Waals surface area (Å²) >= 11 is 0. The third kappa shape index (κ3) is 3.50. The minimum absolute atomic E-state index is 0.0584. The molecule has 0 amide bonds. The summed E-state index contributed by atoms with van der Waals surface area (Å²) in [4.78, 5) is 14.2. The number of carbonyl (C=O) groups excluding carboxylic acids is 1. The number of carbonyl (C=O) groups is 1. The second kappa shape index (κ2) is 6.47. The minimum Gasteiger partial charge on any atom is -0.396 e. The van der Waals surface area contributed by atoms with Crippen LogP contribution in [0.4, 0.5) is 0 Å². The Bertz CT molecular complexity index is 253. The van der Waals surface area contributed by atoms with Gasteiger partial charge in [-0.25, -0.2) is 0 Å². The molecule has 1 saturated carbocycles. The maximum Gasteiger partial charge on any atom is 0.141 e. The summed E-state index contributed by atoms with van der Waals surface area (Å²) in [7, 11) is 0. The van der Waals surface area contributed by atoms with Gasteiger partial charge >= 0.3 is 0 Å². The van der Waals surface area contributed by atoms with Crippen LogP contribution < -0.4 is 0 Å². The van der Waals surface area contributed by atoms with E-state index in [1.165, 1.54) is 19.3 Å². The third-order valence-corrected chi connectivity index (χ3v) is 3.92. The van der Waals surface area contributed by atoms with Crippen molar-refractivity contribution in [2.75, 3.05) is 32.9 Å². The molecule has 1 aliphatic heterocycles. The molecule has 0 aromatic carbocycles. The fourth-order valence-corrected chi connectivity index (χ4v) is 2.58. The lowest BCUT2D eigenvalue weighted by atomic mass is 9.89. The highest BCUT2D eigenvalue weighted by Gasteiger charge is 2.30. The van der Waals surface area contributed by atoms with Crippen molar-refractivity contribution in [1.29, 1.82) is 0 Å². The summed E-state index contributed by atoms with van der Waals surface area (Å²) in [5.41, 5.74) is 0. The fraction of sp³-hybridized carbons (Fsp3) is 0.923. The van der Waals surface area contributed by atoms with Crippen molar-refractivity contribution in [2.45, 2.75) is 38.1 Å². The van der Waals surface area contributed by atoms with Gasteiger partial charge in [0.05, 0.1) is 19.1 Å². The lowest BCUT2D eigenvalue weighted by Crippen LogP contribution is -2.46. The molecule has 1 unspecified atom stereocenters. The van der Waals surface area contributed by atoms with Crippen LogP contribution in [0.3, 0.4) is 0 Å². The normalized spacial score (nSPS) is 26.2. The van der Waals surface area contributed by atoms with E-state index in [1.807, 2.05) is 0 Å². The molecule has 1 aliphatic carbocycles. The van der Waals surface area contributed by atoms with Crippen LogP contribution >= 0.6 is 0 Å². The number of Topliss-reactive ketones (excluding diaryl/α,β-unsaturated/α-hetero) is 1. The van der Waals surface area contributed by atoms with Gasteiger partial charge < -0.3 is 9.84 Å². The summed E-state index contributed by atoms with van der Waals surface area (Å²) in [5, 5.41) is 8.93. The fourth-order valence-electron chi connectivity index (χ4n) is 2.58. The second-order valence-electron chi connectivity index (χ2n) is 5.14. The van der Waals surface area contributed by atoms with E-state index in [1.54, 1.807) is 0 Å². The highest BCUT2D eigenvalue weighted by atomic mass is 16.5. The number of hydrogen-bond donors (Lipinski definition) is 1. The molecule has 2 fully saturated rings. The molecule has 0 aromatic heterocycles. The van der Waals surface area contributed by atoms with Crippen molar-refractivity contribution in [3.05, 3.63) is 0 Å². The van der Waals surface area contributed by atoms with Crippen LogP contribution in [-0.2, 0) is 9.53 Å². The maximum atomic E-state index is 11.8. The first-order chi connectivity index (χ1) is 8.31. The molecule has 1 saturated heterocycles. The number of ether oxygens (including phenoxy) is 1. The van der Waals surface area contributed by atoms with Gasteiger partial charge in [-0.15, -0.1) is 0 Å². The summed E-state index contributed by atoms with van der Waals surface area (Å²) < 4.78 is 5.39. The van der Waals surface area contributed by atoms with Gasteiger partial charge in [0.15, 0.2) is 0 Å². The summed E-state index contributed by atoms with van der Waals surface area (Å²) in [6.07, 6.45) is 5.16. The van der Waals surface area contributed by atoms with Gasteiger partial charge in [0, 0.05) is 32.2 Å². The van der Waals surface area contributed by atoms with Crippen molar-refractivity contribution >= 4 is 5.78 Å². The molecular weight excluding hydrogens is 218 g/mol. The lowest BCUT2D eigenvalue weighted by molar-refractivity contribution is -0.131. The molecule has 4 nitrogen and oxygen atoms in total. The molecule has 1 atom stereocenters. The van der Waals surface area contributed by atoms with Crippen LogP contribution in [0.2, 0.25) is 0 Å². The first kappa shape index (κ1) is 13.0. The molecule has 0 aromatic rings. The second-order valence-corrected chi connectivity index (χ2v) is 5.14. The maximum absolute atomic E-state index is 11.8.